The molecule has 4 heterocycles. The molecule has 1 aromatic heterocycles. The van der Waals surface area contributed by atoms with Gasteiger partial charge in [-0.1, -0.05) is 37.3 Å². The zero-order valence-electron chi connectivity index (χ0n) is 16.4. The minimum Gasteiger partial charge on any atom is -0.337 e. The highest BCUT2D eigenvalue weighted by atomic mass is 16.2. The molecule has 4 heteroatoms. The van der Waals surface area contributed by atoms with Gasteiger partial charge in [-0.3, -0.25) is 14.7 Å². The summed E-state index contributed by atoms with van der Waals surface area (Å²) in [5.41, 5.74) is 3.67. The van der Waals surface area contributed by atoms with E-state index in [1.54, 1.807) is 0 Å². The summed E-state index contributed by atoms with van der Waals surface area (Å²) in [6.45, 7) is 8.20. The van der Waals surface area contributed by atoms with Crippen molar-refractivity contribution in [1.82, 2.24) is 14.8 Å². The number of hydrogen-bond donors (Lipinski definition) is 0. The highest BCUT2D eigenvalue weighted by Crippen LogP contribution is 2.31. The molecule has 0 unspecified atom stereocenters. The highest BCUT2D eigenvalue weighted by Gasteiger charge is 2.37. The van der Waals surface area contributed by atoms with E-state index in [-0.39, 0.29) is 5.91 Å². The summed E-state index contributed by atoms with van der Waals surface area (Å²) < 4.78 is 0. The van der Waals surface area contributed by atoms with E-state index in [0.29, 0.717) is 12.0 Å². The average Bonchev–Trinajstić information content (AvgIpc) is 3.00. The Bertz CT molecular complexity index is 805. The van der Waals surface area contributed by atoms with Gasteiger partial charge in [0.25, 0.3) is 5.91 Å². The van der Waals surface area contributed by atoms with E-state index in [9.17, 15) is 4.79 Å². The SMILES string of the molecule is CCCN1C[C@@H]2CC[C@H]1CN(C(=O)c1c(-c3ccccc3)ccnc1C)C2. The Hall–Kier alpha value is -2.20. The Morgan fingerprint density at radius 1 is 1.11 bits per heavy atom. The van der Waals surface area contributed by atoms with Crippen molar-refractivity contribution in [2.45, 2.75) is 39.2 Å². The highest BCUT2D eigenvalue weighted by molar-refractivity contribution is 6.01. The molecule has 2 atom stereocenters. The minimum absolute atomic E-state index is 0.148. The van der Waals surface area contributed by atoms with Gasteiger partial charge in [-0.15, -0.1) is 0 Å². The summed E-state index contributed by atoms with van der Waals surface area (Å²) in [4.78, 5) is 22.8. The van der Waals surface area contributed by atoms with Gasteiger partial charge >= 0.3 is 0 Å². The molecule has 0 radical (unpaired) electrons. The van der Waals surface area contributed by atoms with Crippen LogP contribution in [-0.4, -0.2) is 52.9 Å². The van der Waals surface area contributed by atoms with Crippen molar-refractivity contribution in [3.8, 4) is 11.1 Å². The first-order valence-corrected chi connectivity index (χ1v) is 10.2. The Morgan fingerprint density at radius 2 is 1.93 bits per heavy atom. The molecule has 0 saturated carbocycles. The first-order valence-electron chi connectivity index (χ1n) is 10.2. The normalized spacial score (nSPS) is 22.7. The van der Waals surface area contributed by atoms with E-state index in [2.05, 4.69) is 33.8 Å². The van der Waals surface area contributed by atoms with Gasteiger partial charge in [0.05, 0.1) is 11.3 Å². The van der Waals surface area contributed by atoms with Crippen molar-refractivity contribution in [1.29, 1.82) is 0 Å². The lowest BCUT2D eigenvalue weighted by Crippen LogP contribution is -2.44. The van der Waals surface area contributed by atoms with Crippen LogP contribution in [-0.2, 0) is 0 Å². The monoisotopic (exact) mass is 363 g/mol. The van der Waals surface area contributed by atoms with E-state index in [0.717, 1.165) is 48.6 Å². The second-order valence-electron chi connectivity index (χ2n) is 7.99. The molecule has 1 aromatic carbocycles. The van der Waals surface area contributed by atoms with Gasteiger partial charge < -0.3 is 4.90 Å². The van der Waals surface area contributed by atoms with Crippen LogP contribution < -0.4 is 0 Å². The summed E-state index contributed by atoms with van der Waals surface area (Å²) in [7, 11) is 0. The third-order valence-electron chi connectivity index (χ3n) is 6.06. The number of amides is 1. The summed E-state index contributed by atoms with van der Waals surface area (Å²) >= 11 is 0. The predicted octanol–water partition coefficient (Wildman–Crippen LogP) is 4.00. The Morgan fingerprint density at radius 3 is 2.70 bits per heavy atom. The number of aromatic nitrogens is 1. The molecule has 4 nitrogen and oxygen atoms in total. The number of fused-ring (bicyclic) bond motifs is 4. The van der Waals surface area contributed by atoms with E-state index in [4.69, 9.17) is 0 Å². The molecule has 27 heavy (non-hydrogen) atoms. The van der Waals surface area contributed by atoms with Gasteiger partial charge in [-0.05, 0) is 55.8 Å². The van der Waals surface area contributed by atoms with Gasteiger partial charge in [-0.25, -0.2) is 0 Å². The average molecular weight is 364 g/mol. The summed E-state index contributed by atoms with van der Waals surface area (Å²) in [5, 5.41) is 0. The quantitative estimate of drug-likeness (QED) is 0.824. The molecule has 3 aliphatic heterocycles. The largest absolute Gasteiger partial charge is 0.337 e. The van der Waals surface area contributed by atoms with Crippen molar-refractivity contribution in [3.63, 3.8) is 0 Å². The van der Waals surface area contributed by atoms with Crippen LogP contribution in [0.1, 0.15) is 42.2 Å². The number of piperidine rings is 1. The zero-order valence-corrected chi connectivity index (χ0v) is 16.4. The molecule has 142 valence electrons. The molecule has 0 spiro atoms. The number of pyridine rings is 1. The third-order valence-corrected chi connectivity index (χ3v) is 6.06. The first kappa shape index (κ1) is 18.2. The van der Waals surface area contributed by atoms with Crippen molar-refractivity contribution < 1.29 is 4.79 Å². The first-order chi connectivity index (χ1) is 13.2. The van der Waals surface area contributed by atoms with E-state index < -0.39 is 0 Å². The maximum Gasteiger partial charge on any atom is 0.256 e. The van der Waals surface area contributed by atoms with Crippen LogP contribution in [0.25, 0.3) is 11.1 Å². The molecule has 0 N–H and O–H groups in total. The fourth-order valence-electron chi connectivity index (χ4n) is 4.76. The number of benzene rings is 1. The number of carbonyl (C=O) groups excluding carboxylic acids is 1. The summed E-state index contributed by atoms with van der Waals surface area (Å²) in [6, 6.07) is 12.7. The maximum absolute atomic E-state index is 13.6. The smallest absolute Gasteiger partial charge is 0.256 e. The zero-order chi connectivity index (χ0) is 18.8. The molecule has 3 fully saturated rings. The van der Waals surface area contributed by atoms with Gasteiger partial charge in [0, 0.05) is 31.9 Å². The van der Waals surface area contributed by atoms with Crippen molar-refractivity contribution in [3.05, 3.63) is 53.9 Å². The van der Waals surface area contributed by atoms with Crippen LogP contribution in [0.2, 0.25) is 0 Å². The van der Waals surface area contributed by atoms with Crippen molar-refractivity contribution >= 4 is 5.91 Å². The second kappa shape index (κ2) is 7.81. The minimum atomic E-state index is 0.148. The van der Waals surface area contributed by atoms with Gasteiger partial charge in [-0.2, -0.15) is 0 Å². The third kappa shape index (κ3) is 3.63. The number of rotatable bonds is 4. The van der Waals surface area contributed by atoms with E-state index >= 15 is 0 Å². The molecule has 2 aromatic rings. The molecule has 5 rings (SSSR count). The lowest BCUT2D eigenvalue weighted by Gasteiger charge is -2.35. The van der Waals surface area contributed by atoms with Gasteiger partial charge in [0.15, 0.2) is 0 Å². The number of aryl methyl sites for hydroxylation is 1. The number of carbonyl (C=O) groups is 1. The van der Waals surface area contributed by atoms with Crippen LogP contribution in [0.15, 0.2) is 42.6 Å². The van der Waals surface area contributed by atoms with E-state index in [1.807, 2.05) is 37.4 Å². The molecule has 0 aliphatic carbocycles. The van der Waals surface area contributed by atoms with Crippen LogP contribution >= 0.6 is 0 Å². The number of hydrogen-bond acceptors (Lipinski definition) is 3. The fraction of sp³-hybridized carbons (Fsp3) is 0.478. The summed E-state index contributed by atoms with van der Waals surface area (Å²) in [6.07, 6.45) is 5.44. The standard InChI is InChI=1S/C23H29N3O/c1-3-13-25-14-18-9-10-20(25)16-26(15-18)23(27)22-17(2)24-12-11-21(22)19-7-5-4-6-8-19/h4-8,11-12,18,20H,3,9-10,13-16H2,1-2H3/t18-,20-/m0/s1. The molecule has 1 amide bonds. The van der Waals surface area contributed by atoms with Crippen LogP contribution in [0, 0.1) is 12.8 Å². The van der Waals surface area contributed by atoms with Crippen molar-refractivity contribution in [2.24, 2.45) is 5.92 Å². The molecular formula is C23H29N3O. The molecular weight excluding hydrogens is 334 g/mol. The van der Waals surface area contributed by atoms with E-state index in [1.165, 1.54) is 19.3 Å². The van der Waals surface area contributed by atoms with Gasteiger partial charge in [0.2, 0.25) is 0 Å². The number of nitrogens with zero attached hydrogens (tertiary/aromatic N) is 3. The summed E-state index contributed by atoms with van der Waals surface area (Å²) in [5.74, 6) is 0.742. The fourth-order valence-corrected chi connectivity index (χ4v) is 4.76. The maximum atomic E-state index is 13.6. The lowest BCUT2D eigenvalue weighted by atomic mass is 9.95. The van der Waals surface area contributed by atoms with Crippen LogP contribution in [0.4, 0.5) is 0 Å². The lowest BCUT2D eigenvalue weighted by molar-refractivity contribution is 0.0737. The molecule has 3 saturated heterocycles. The predicted molar refractivity (Wildman–Crippen MR) is 109 cm³/mol. The Balaban J connectivity index is 1.66. The Kier molecular flexibility index (Phi) is 5.26. The van der Waals surface area contributed by atoms with Crippen LogP contribution in [0.3, 0.4) is 0 Å². The molecule has 3 aliphatic rings. The van der Waals surface area contributed by atoms with Crippen molar-refractivity contribution in [2.75, 3.05) is 26.2 Å². The second-order valence-corrected chi connectivity index (χ2v) is 7.99. The van der Waals surface area contributed by atoms with Gasteiger partial charge in [0.1, 0.15) is 0 Å². The Labute approximate surface area is 162 Å². The van der Waals surface area contributed by atoms with Crippen LogP contribution in [0.5, 0.6) is 0 Å². The molecule has 2 bridgehead atoms. The topological polar surface area (TPSA) is 36.4 Å².